The molecule has 23 heavy (non-hydrogen) atoms. The van der Waals surface area contributed by atoms with E-state index in [2.05, 4.69) is 51.3 Å². The molecular formula is C19H22N4. The summed E-state index contributed by atoms with van der Waals surface area (Å²) < 4.78 is 2.33. The number of imidazole rings is 1. The molecule has 1 aliphatic heterocycles. The zero-order valence-corrected chi connectivity index (χ0v) is 13.3. The molecule has 1 N–H and O–H groups in total. The van der Waals surface area contributed by atoms with Gasteiger partial charge in [0.1, 0.15) is 11.3 Å². The normalized spacial score (nSPS) is 18.3. The van der Waals surface area contributed by atoms with Gasteiger partial charge >= 0.3 is 0 Å². The second-order valence-corrected chi connectivity index (χ2v) is 6.36. The number of rotatable bonds is 4. The van der Waals surface area contributed by atoms with E-state index in [-0.39, 0.29) is 0 Å². The van der Waals surface area contributed by atoms with E-state index in [1.807, 2.05) is 12.3 Å². The van der Waals surface area contributed by atoms with Gasteiger partial charge in [0.2, 0.25) is 0 Å². The van der Waals surface area contributed by atoms with Crippen LogP contribution in [0.25, 0.3) is 11.2 Å². The van der Waals surface area contributed by atoms with Crippen molar-refractivity contribution in [2.75, 3.05) is 13.1 Å². The van der Waals surface area contributed by atoms with Crippen molar-refractivity contribution in [1.29, 1.82) is 0 Å². The predicted octanol–water partition coefficient (Wildman–Crippen LogP) is 3.02. The molecular weight excluding hydrogens is 284 g/mol. The highest BCUT2D eigenvalue weighted by Crippen LogP contribution is 2.21. The van der Waals surface area contributed by atoms with Crippen LogP contribution in [0, 0.1) is 5.92 Å². The fraction of sp³-hybridized carbons (Fsp3) is 0.368. The van der Waals surface area contributed by atoms with Gasteiger partial charge < -0.3 is 9.88 Å². The van der Waals surface area contributed by atoms with Gasteiger partial charge in [-0.3, -0.25) is 0 Å². The van der Waals surface area contributed by atoms with Gasteiger partial charge in [0.15, 0.2) is 5.65 Å². The summed E-state index contributed by atoms with van der Waals surface area (Å²) in [7, 11) is 0. The lowest BCUT2D eigenvalue weighted by Crippen LogP contribution is -2.32. The summed E-state index contributed by atoms with van der Waals surface area (Å²) in [5.41, 5.74) is 3.32. The van der Waals surface area contributed by atoms with Gasteiger partial charge in [-0.05, 0) is 49.5 Å². The average molecular weight is 306 g/mol. The van der Waals surface area contributed by atoms with Gasteiger partial charge in [0.25, 0.3) is 0 Å². The molecule has 0 spiro atoms. The van der Waals surface area contributed by atoms with Gasteiger partial charge in [-0.1, -0.05) is 30.3 Å². The standard InChI is InChI=1S/C19H22N4/c1-2-6-15(7-3-1)12-18-22-17-9-5-11-21-19(17)23(18)14-16-8-4-10-20-13-16/h1-3,5-7,9,11,16,20H,4,8,10,12-14H2. The summed E-state index contributed by atoms with van der Waals surface area (Å²) in [6.07, 6.45) is 5.27. The van der Waals surface area contributed by atoms with Crippen LogP contribution in [0.4, 0.5) is 0 Å². The van der Waals surface area contributed by atoms with Crippen LogP contribution in [0.3, 0.4) is 0 Å². The number of pyridine rings is 1. The van der Waals surface area contributed by atoms with Crippen molar-refractivity contribution in [3.8, 4) is 0 Å². The third-order valence-electron chi connectivity index (χ3n) is 4.63. The van der Waals surface area contributed by atoms with E-state index in [1.165, 1.54) is 18.4 Å². The summed E-state index contributed by atoms with van der Waals surface area (Å²) in [6, 6.07) is 14.6. The Balaban J connectivity index is 1.69. The lowest BCUT2D eigenvalue weighted by atomic mass is 9.99. The Kier molecular flexibility index (Phi) is 4.07. The Labute approximate surface area is 136 Å². The quantitative estimate of drug-likeness (QED) is 0.805. The minimum absolute atomic E-state index is 0.665. The molecule has 0 bridgehead atoms. The van der Waals surface area contributed by atoms with E-state index in [0.717, 1.165) is 43.0 Å². The van der Waals surface area contributed by atoms with Gasteiger partial charge in [-0.15, -0.1) is 0 Å². The Morgan fingerprint density at radius 2 is 2.04 bits per heavy atom. The summed E-state index contributed by atoms with van der Waals surface area (Å²) in [5, 5.41) is 3.51. The first-order chi connectivity index (χ1) is 11.4. The SMILES string of the molecule is c1ccc(Cc2nc3cccnc3n2CC2CCCNC2)cc1. The Bertz CT molecular complexity index is 772. The van der Waals surface area contributed by atoms with E-state index in [4.69, 9.17) is 4.98 Å². The fourth-order valence-electron chi connectivity index (χ4n) is 3.45. The van der Waals surface area contributed by atoms with Gasteiger partial charge in [0, 0.05) is 19.2 Å². The molecule has 1 aliphatic rings. The Morgan fingerprint density at radius 3 is 2.87 bits per heavy atom. The number of nitrogens with one attached hydrogen (secondary N) is 1. The Hall–Kier alpha value is -2.20. The molecule has 4 heteroatoms. The highest BCUT2D eigenvalue weighted by Gasteiger charge is 2.18. The number of aromatic nitrogens is 3. The molecule has 118 valence electrons. The summed E-state index contributed by atoms with van der Waals surface area (Å²) in [6.45, 7) is 3.25. The Morgan fingerprint density at radius 1 is 1.13 bits per heavy atom. The van der Waals surface area contributed by atoms with E-state index in [1.54, 1.807) is 0 Å². The first-order valence-corrected chi connectivity index (χ1v) is 8.45. The maximum absolute atomic E-state index is 4.85. The lowest BCUT2D eigenvalue weighted by Gasteiger charge is -2.24. The van der Waals surface area contributed by atoms with Crippen LogP contribution in [0.5, 0.6) is 0 Å². The van der Waals surface area contributed by atoms with Gasteiger partial charge in [0.05, 0.1) is 0 Å². The topological polar surface area (TPSA) is 42.7 Å². The van der Waals surface area contributed by atoms with E-state index in [9.17, 15) is 0 Å². The third-order valence-corrected chi connectivity index (χ3v) is 4.63. The summed E-state index contributed by atoms with van der Waals surface area (Å²) >= 11 is 0. The molecule has 0 saturated carbocycles. The van der Waals surface area contributed by atoms with Crippen molar-refractivity contribution >= 4 is 11.2 Å². The van der Waals surface area contributed by atoms with E-state index < -0.39 is 0 Å². The molecule has 3 aromatic rings. The van der Waals surface area contributed by atoms with Gasteiger partial charge in [-0.2, -0.15) is 0 Å². The van der Waals surface area contributed by atoms with Crippen molar-refractivity contribution in [3.05, 3.63) is 60.0 Å². The van der Waals surface area contributed by atoms with Crippen LogP contribution < -0.4 is 5.32 Å². The largest absolute Gasteiger partial charge is 0.316 e. The van der Waals surface area contributed by atoms with Crippen LogP contribution in [-0.2, 0) is 13.0 Å². The molecule has 0 aliphatic carbocycles. The van der Waals surface area contributed by atoms with Crippen LogP contribution in [0.15, 0.2) is 48.7 Å². The van der Waals surface area contributed by atoms with E-state index >= 15 is 0 Å². The number of piperidine rings is 1. The second kappa shape index (κ2) is 6.50. The van der Waals surface area contributed by atoms with Crippen LogP contribution in [0.2, 0.25) is 0 Å². The number of hydrogen-bond donors (Lipinski definition) is 1. The van der Waals surface area contributed by atoms with Crippen molar-refractivity contribution in [3.63, 3.8) is 0 Å². The zero-order valence-electron chi connectivity index (χ0n) is 13.3. The van der Waals surface area contributed by atoms with Crippen molar-refractivity contribution in [2.24, 2.45) is 5.92 Å². The molecule has 0 radical (unpaired) electrons. The molecule has 1 unspecified atom stereocenters. The fourth-order valence-corrected chi connectivity index (χ4v) is 3.45. The molecule has 4 nitrogen and oxygen atoms in total. The molecule has 1 atom stereocenters. The number of benzene rings is 1. The molecule has 1 fully saturated rings. The first-order valence-electron chi connectivity index (χ1n) is 8.45. The zero-order chi connectivity index (χ0) is 15.5. The van der Waals surface area contributed by atoms with Crippen LogP contribution in [-0.4, -0.2) is 27.6 Å². The third kappa shape index (κ3) is 3.13. The summed E-state index contributed by atoms with van der Waals surface area (Å²) in [5.74, 6) is 1.79. The summed E-state index contributed by atoms with van der Waals surface area (Å²) in [4.78, 5) is 9.44. The highest BCUT2D eigenvalue weighted by atomic mass is 15.1. The molecule has 2 aromatic heterocycles. The molecule has 4 rings (SSSR count). The molecule has 1 aromatic carbocycles. The molecule has 1 saturated heterocycles. The predicted molar refractivity (Wildman–Crippen MR) is 92.4 cm³/mol. The smallest absolute Gasteiger partial charge is 0.160 e. The number of fused-ring (bicyclic) bond motifs is 1. The van der Waals surface area contributed by atoms with Crippen molar-refractivity contribution in [2.45, 2.75) is 25.8 Å². The maximum Gasteiger partial charge on any atom is 0.160 e. The maximum atomic E-state index is 4.85. The minimum atomic E-state index is 0.665. The van der Waals surface area contributed by atoms with E-state index in [0.29, 0.717) is 5.92 Å². The lowest BCUT2D eigenvalue weighted by molar-refractivity contribution is 0.337. The van der Waals surface area contributed by atoms with Gasteiger partial charge in [-0.25, -0.2) is 9.97 Å². The number of nitrogens with zero attached hydrogens (tertiary/aromatic N) is 3. The van der Waals surface area contributed by atoms with Crippen LogP contribution in [0.1, 0.15) is 24.2 Å². The minimum Gasteiger partial charge on any atom is -0.316 e. The second-order valence-electron chi connectivity index (χ2n) is 6.36. The highest BCUT2D eigenvalue weighted by molar-refractivity contribution is 5.71. The number of hydrogen-bond acceptors (Lipinski definition) is 3. The average Bonchev–Trinajstić information content (AvgIpc) is 2.94. The first kappa shape index (κ1) is 14.4. The van der Waals surface area contributed by atoms with Crippen LogP contribution >= 0.6 is 0 Å². The van der Waals surface area contributed by atoms with Crippen molar-refractivity contribution in [1.82, 2.24) is 19.9 Å². The molecule has 3 heterocycles. The monoisotopic (exact) mass is 306 g/mol. The van der Waals surface area contributed by atoms with Crippen molar-refractivity contribution < 1.29 is 0 Å². The molecule has 0 amide bonds.